The molecule has 0 aromatic rings. The van der Waals surface area contributed by atoms with Gasteiger partial charge < -0.3 is 0 Å². The zero-order chi connectivity index (χ0) is 11.2. The Kier molecular flexibility index (Phi) is 6.02. The predicted octanol–water partition coefficient (Wildman–Crippen LogP) is 1.97. The van der Waals surface area contributed by atoms with Gasteiger partial charge in [0.2, 0.25) is 10.0 Å². The van der Waals surface area contributed by atoms with Crippen molar-refractivity contribution in [3.63, 3.8) is 0 Å². The van der Waals surface area contributed by atoms with Crippen molar-refractivity contribution in [2.75, 3.05) is 18.2 Å². The van der Waals surface area contributed by atoms with Crippen molar-refractivity contribution in [2.24, 2.45) is 5.41 Å². The number of halogens is 1. The Bertz CT molecular complexity index is 239. The maximum Gasteiger partial charge on any atom is 0.211 e. The normalized spacial score (nSPS) is 13.1. The first kappa shape index (κ1) is 14.2. The molecule has 0 amide bonds. The van der Waals surface area contributed by atoms with Crippen molar-refractivity contribution in [3.05, 3.63) is 0 Å². The largest absolute Gasteiger partial charge is 0.215 e. The molecule has 0 aromatic heterocycles. The molecule has 14 heavy (non-hydrogen) atoms. The smallest absolute Gasteiger partial charge is 0.211 e. The summed E-state index contributed by atoms with van der Waals surface area (Å²) in [6, 6.07) is 0. The molecule has 0 saturated carbocycles. The van der Waals surface area contributed by atoms with E-state index >= 15 is 0 Å². The van der Waals surface area contributed by atoms with E-state index in [0.29, 0.717) is 12.4 Å². The van der Waals surface area contributed by atoms with Crippen molar-refractivity contribution < 1.29 is 8.42 Å². The Labute approximate surface area is 92.3 Å². The number of rotatable bonds is 7. The van der Waals surface area contributed by atoms with E-state index in [9.17, 15) is 8.42 Å². The minimum absolute atomic E-state index is 0.0935. The Morgan fingerprint density at radius 1 is 1.21 bits per heavy atom. The predicted molar refractivity (Wildman–Crippen MR) is 61.2 cm³/mol. The number of hydrogen-bond donors (Lipinski definition) is 1. The van der Waals surface area contributed by atoms with E-state index < -0.39 is 10.0 Å². The third-order valence-electron chi connectivity index (χ3n) is 2.83. The van der Waals surface area contributed by atoms with Gasteiger partial charge in [-0.1, -0.05) is 13.8 Å². The van der Waals surface area contributed by atoms with Crippen LogP contribution in [0, 0.1) is 5.41 Å². The topological polar surface area (TPSA) is 46.2 Å². The Morgan fingerprint density at radius 3 is 2.00 bits per heavy atom. The van der Waals surface area contributed by atoms with E-state index in [0.717, 1.165) is 12.8 Å². The highest BCUT2D eigenvalue weighted by Crippen LogP contribution is 2.27. The molecule has 0 fully saturated rings. The standard InChI is InChI=1S/C9H20ClNO2S/c1-4-9(5-2,7-10)8-11-14(12,13)6-3/h11H,4-8H2,1-3H3. The summed E-state index contributed by atoms with van der Waals surface area (Å²) in [5.74, 6) is 0.616. The summed E-state index contributed by atoms with van der Waals surface area (Å²) >= 11 is 5.86. The van der Waals surface area contributed by atoms with Crippen LogP contribution in [0.2, 0.25) is 0 Å². The second kappa shape index (κ2) is 5.93. The minimum Gasteiger partial charge on any atom is -0.215 e. The second-order valence-corrected chi connectivity index (χ2v) is 5.93. The highest BCUT2D eigenvalue weighted by molar-refractivity contribution is 7.89. The second-order valence-electron chi connectivity index (χ2n) is 3.57. The van der Waals surface area contributed by atoms with E-state index in [2.05, 4.69) is 4.72 Å². The van der Waals surface area contributed by atoms with Crippen LogP contribution in [0.3, 0.4) is 0 Å². The van der Waals surface area contributed by atoms with Gasteiger partial charge in [0, 0.05) is 12.4 Å². The highest BCUT2D eigenvalue weighted by Gasteiger charge is 2.26. The van der Waals surface area contributed by atoms with Gasteiger partial charge in [0.25, 0.3) is 0 Å². The van der Waals surface area contributed by atoms with E-state index in [1.165, 1.54) is 0 Å². The summed E-state index contributed by atoms with van der Waals surface area (Å²) in [6.45, 7) is 6.14. The number of nitrogens with one attached hydrogen (secondary N) is 1. The summed E-state index contributed by atoms with van der Waals surface area (Å²) in [5.41, 5.74) is -0.0935. The lowest BCUT2D eigenvalue weighted by Gasteiger charge is -2.29. The molecule has 1 N–H and O–H groups in total. The van der Waals surface area contributed by atoms with Crippen LogP contribution >= 0.6 is 11.6 Å². The van der Waals surface area contributed by atoms with Crippen molar-refractivity contribution in [1.29, 1.82) is 0 Å². The maximum atomic E-state index is 11.2. The van der Waals surface area contributed by atoms with Crippen LogP contribution in [0.25, 0.3) is 0 Å². The zero-order valence-corrected chi connectivity index (χ0v) is 10.7. The van der Waals surface area contributed by atoms with Crippen LogP contribution < -0.4 is 4.72 Å². The first-order valence-electron chi connectivity index (χ1n) is 4.98. The molecule has 0 atom stereocenters. The van der Waals surface area contributed by atoms with Gasteiger partial charge in [-0.3, -0.25) is 0 Å². The van der Waals surface area contributed by atoms with Gasteiger partial charge in [0.1, 0.15) is 0 Å². The minimum atomic E-state index is -3.09. The molecule has 0 bridgehead atoms. The van der Waals surface area contributed by atoms with Gasteiger partial charge in [0.05, 0.1) is 5.75 Å². The molecular formula is C9H20ClNO2S. The quantitative estimate of drug-likeness (QED) is 0.693. The number of hydrogen-bond acceptors (Lipinski definition) is 2. The van der Waals surface area contributed by atoms with Gasteiger partial charge >= 0.3 is 0 Å². The van der Waals surface area contributed by atoms with E-state index in [-0.39, 0.29) is 11.2 Å². The van der Waals surface area contributed by atoms with Crippen LogP contribution in [-0.2, 0) is 10.0 Å². The maximum absolute atomic E-state index is 11.2. The highest BCUT2D eigenvalue weighted by atomic mass is 35.5. The van der Waals surface area contributed by atoms with Crippen molar-refractivity contribution in [3.8, 4) is 0 Å². The lowest BCUT2D eigenvalue weighted by Crippen LogP contribution is -2.38. The van der Waals surface area contributed by atoms with Gasteiger partial charge in [0.15, 0.2) is 0 Å². The van der Waals surface area contributed by atoms with E-state index in [1.807, 2.05) is 13.8 Å². The van der Waals surface area contributed by atoms with Crippen LogP contribution in [0.4, 0.5) is 0 Å². The van der Waals surface area contributed by atoms with Crippen LogP contribution in [0.1, 0.15) is 33.6 Å². The van der Waals surface area contributed by atoms with Crippen molar-refractivity contribution in [1.82, 2.24) is 4.72 Å². The summed E-state index contributed by atoms with van der Waals surface area (Å²) in [7, 11) is -3.09. The SMILES string of the molecule is CCC(CC)(CCl)CNS(=O)(=O)CC. The summed E-state index contributed by atoms with van der Waals surface area (Å²) in [5, 5.41) is 0. The summed E-state index contributed by atoms with van der Waals surface area (Å²) in [6.07, 6.45) is 1.78. The number of alkyl halides is 1. The molecule has 0 unspecified atom stereocenters. The van der Waals surface area contributed by atoms with Crippen LogP contribution in [0.15, 0.2) is 0 Å². The number of sulfonamides is 1. The molecule has 0 spiro atoms. The average molecular weight is 242 g/mol. The molecule has 0 aromatic carbocycles. The molecule has 0 saturated heterocycles. The lowest BCUT2D eigenvalue weighted by atomic mass is 9.85. The monoisotopic (exact) mass is 241 g/mol. The van der Waals surface area contributed by atoms with Crippen LogP contribution in [0.5, 0.6) is 0 Å². The van der Waals surface area contributed by atoms with E-state index in [1.54, 1.807) is 6.92 Å². The van der Waals surface area contributed by atoms with Gasteiger partial charge in [-0.2, -0.15) is 0 Å². The molecule has 5 heteroatoms. The zero-order valence-electron chi connectivity index (χ0n) is 9.14. The lowest BCUT2D eigenvalue weighted by molar-refractivity contribution is 0.305. The average Bonchev–Trinajstić information content (AvgIpc) is 2.21. The Morgan fingerprint density at radius 2 is 1.71 bits per heavy atom. The third kappa shape index (κ3) is 4.15. The fourth-order valence-electron chi connectivity index (χ4n) is 1.10. The third-order valence-corrected chi connectivity index (χ3v) is 4.74. The van der Waals surface area contributed by atoms with Crippen molar-refractivity contribution in [2.45, 2.75) is 33.6 Å². The van der Waals surface area contributed by atoms with E-state index in [4.69, 9.17) is 11.6 Å². The fourth-order valence-corrected chi connectivity index (χ4v) is 2.30. The summed E-state index contributed by atoms with van der Waals surface area (Å²) < 4.78 is 25.1. The van der Waals surface area contributed by atoms with Crippen molar-refractivity contribution >= 4 is 21.6 Å². The molecule has 86 valence electrons. The molecule has 3 nitrogen and oxygen atoms in total. The first-order valence-corrected chi connectivity index (χ1v) is 7.17. The Balaban J connectivity index is 4.34. The molecular weight excluding hydrogens is 222 g/mol. The first-order chi connectivity index (χ1) is 6.45. The molecule has 0 radical (unpaired) electrons. The van der Waals surface area contributed by atoms with Gasteiger partial charge in [-0.25, -0.2) is 13.1 Å². The Hall–Kier alpha value is 0.200. The van der Waals surface area contributed by atoms with Gasteiger partial charge in [-0.15, -0.1) is 11.6 Å². The molecule has 0 aliphatic carbocycles. The van der Waals surface area contributed by atoms with Crippen LogP contribution in [-0.4, -0.2) is 26.6 Å². The fraction of sp³-hybridized carbons (Fsp3) is 1.00. The molecule has 0 rings (SSSR count). The summed E-state index contributed by atoms with van der Waals surface area (Å²) in [4.78, 5) is 0. The van der Waals surface area contributed by atoms with Gasteiger partial charge in [-0.05, 0) is 25.2 Å². The molecule has 0 aliphatic heterocycles. The molecule has 0 heterocycles. The molecule has 0 aliphatic rings.